The van der Waals surface area contributed by atoms with Gasteiger partial charge in [0.05, 0.1) is 23.2 Å². The van der Waals surface area contributed by atoms with Gasteiger partial charge >= 0.3 is 0 Å². The fourth-order valence-corrected chi connectivity index (χ4v) is 2.86. The minimum Gasteiger partial charge on any atom is -0.268 e. The monoisotopic (exact) mass is 331 g/mol. The number of nitrogens with zero attached hydrogens (tertiary/aromatic N) is 2. The van der Waals surface area contributed by atoms with Crippen molar-refractivity contribution in [2.24, 2.45) is 0 Å². The number of aromatic nitrogens is 2. The molecule has 0 unspecified atom stereocenters. The van der Waals surface area contributed by atoms with Crippen LogP contribution in [0.2, 0.25) is 5.02 Å². The molecule has 3 aromatic rings. The lowest BCUT2D eigenvalue weighted by Crippen LogP contribution is -2.14. The van der Waals surface area contributed by atoms with Crippen molar-refractivity contribution in [2.75, 3.05) is 0 Å². The number of allylic oxidation sites excluding steroid dienone is 6. The van der Waals surface area contributed by atoms with Crippen LogP contribution in [0.3, 0.4) is 0 Å². The third kappa shape index (κ3) is 2.46. The van der Waals surface area contributed by atoms with E-state index in [1.807, 2.05) is 36.4 Å². The molecule has 0 radical (unpaired) electrons. The van der Waals surface area contributed by atoms with Gasteiger partial charge in [-0.2, -0.15) is 0 Å². The van der Waals surface area contributed by atoms with E-state index in [4.69, 9.17) is 11.6 Å². The number of benzene rings is 2. The molecule has 0 aliphatic heterocycles. The second-order valence-electron chi connectivity index (χ2n) is 5.36. The highest BCUT2D eigenvalue weighted by atomic mass is 35.5. The van der Waals surface area contributed by atoms with E-state index in [2.05, 4.69) is 11.1 Å². The fraction of sp³-hybridized carbons (Fsp3) is 0. The highest BCUT2D eigenvalue weighted by Crippen LogP contribution is 2.27. The first-order chi connectivity index (χ1) is 11.7. The molecule has 0 amide bonds. The molecule has 4 heteroatoms. The molecule has 0 bridgehead atoms. The van der Waals surface area contributed by atoms with Crippen LogP contribution in [0, 0.1) is 6.08 Å². The number of halogens is 1. The second kappa shape index (κ2) is 5.89. The van der Waals surface area contributed by atoms with E-state index in [-0.39, 0.29) is 5.91 Å². The standard InChI is InChI=1S/C20H12ClN2O/c21-16-11-12-18-17(13-16)22-19(14-7-3-1-4-8-14)23(18)20(24)15-9-5-2-6-10-15/h2-13H/q+1. The number of rotatable bonds is 2. The van der Waals surface area contributed by atoms with Gasteiger partial charge in [-0.05, 0) is 30.3 Å². The lowest BCUT2D eigenvalue weighted by Gasteiger charge is -2.07. The van der Waals surface area contributed by atoms with Gasteiger partial charge in [-0.25, -0.2) is 4.98 Å². The van der Waals surface area contributed by atoms with E-state index in [0.29, 0.717) is 21.9 Å². The minimum atomic E-state index is -0.122. The van der Waals surface area contributed by atoms with Crippen LogP contribution in [0.15, 0.2) is 72.8 Å². The average molecular weight is 332 g/mol. The van der Waals surface area contributed by atoms with Crippen LogP contribution < -0.4 is 0 Å². The molecule has 0 N–H and O–H groups in total. The molecule has 114 valence electrons. The van der Waals surface area contributed by atoms with Gasteiger partial charge in [-0.1, -0.05) is 29.8 Å². The highest BCUT2D eigenvalue weighted by Gasteiger charge is 2.22. The number of carbonyl (C=O) groups is 1. The lowest BCUT2D eigenvalue weighted by atomic mass is 10.1. The Morgan fingerprint density at radius 3 is 2.71 bits per heavy atom. The summed E-state index contributed by atoms with van der Waals surface area (Å²) >= 11 is 6.08. The van der Waals surface area contributed by atoms with Gasteiger partial charge in [0.2, 0.25) is 0 Å². The van der Waals surface area contributed by atoms with Gasteiger partial charge in [0.15, 0.2) is 5.82 Å². The summed E-state index contributed by atoms with van der Waals surface area (Å²) in [5, 5.41) is 0.590. The Kier molecular flexibility index (Phi) is 3.58. The van der Waals surface area contributed by atoms with Crippen LogP contribution in [0.25, 0.3) is 16.6 Å². The first-order valence-corrected chi connectivity index (χ1v) is 7.86. The maximum absolute atomic E-state index is 13.1. The summed E-state index contributed by atoms with van der Waals surface area (Å²) in [5.74, 6) is 0.471. The number of hydrogen-bond donors (Lipinski definition) is 0. The first kappa shape index (κ1) is 14.6. The number of carbonyl (C=O) groups excluding carboxylic acids is 1. The number of hydrogen-bond acceptors (Lipinski definition) is 2. The third-order valence-electron chi connectivity index (χ3n) is 3.82. The van der Waals surface area contributed by atoms with Crippen LogP contribution in [0.4, 0.5) is 0 Å². The summed E-state index contributed by atoms with van der Waals surface area (Å²) in [5.41, 5.74) is 2.88. The first-order valence-electron chi connectivity index (χ1n) is 7.48. The van der Waals surface area contributed by atoms with Crippen molar-refractivity contribution >= 4 is 34.1 Å². The van der Waals surface area contributed by atoms with Crippen molar-refractivity contribution < 1.29 is 4.79 Å². The maximum Gasteiger partial charge on any atom is 0.264 e. The summed E-state index contributed by atoms with van der Waals surface area (Å²) in [6.07, 6.45) is 10.4. The molecular formula is C20H12ClN2O+. The molecule has 0 atom stereocenters. The SMILES string of the molecule is O=C(c1ccccc1)n1c(C2=CC=[C+]C=C2)nc2cc(Cl)ccc21. The van der Waals surface area contributed by atoms with Crippen molar-refractivity contribution in [2.45, 2.75) is 0 Å². The van der Waals surface area contributed by atoms with Crippen molar-refractivity contribution in [1.82, 2.24) is 9.55 Å². The van der Waals surface area contributed by atoms with Gasteiger partial charge in [0.1, 0.15) is 17.7 Å². The summed E-state index contributed by atoms with van der Waals surface area (Å²) in [7, 11) is 0. The number of imidazole rings is 1. The predicted octanol–water partition coefficient (Wildman–Crippen LogP) is 4.69. The highest BCUT2D eigenvalue weighted by molar-refractivity contribution is 6.31. The largest absolute Gasteiger partial charge is 0.268 e. The Labute approximate surface area is 144 Å². The molecule has 3 nitrogen and oxygen atoms in total. The summed E-state index contributed by atoms with van der Waals surface area (Å²) in [6.45, 7) is 0. The lowest BCUT2D eigenvalue weighted by molar-refractivity contribution is 0.0963. The van der Waals surface area contributed by atoms with E-state index in [0.717, 1.165) is 11.1 Å². The Balaban J connectivity index is 1.98. The zero-order valence-electron chi connectivity index (χ0n) is 12.6. The average Bonchev–Trinajstić information content (AvgIpc) is 3.01. The van der Waals surface area contributed by atoms with Crippen LogP contribution in [0.1, 0.15) is 16.2 Å². The molecule has 1 aromatic heterocycles. The summed E-state index contributed by atoms with van der Waals surface area (Å²) in [4.78, 5) is 17.7. The number of fused-ring (bicyclic) bond motifs is 1. The molecule has 1 heterocycles. The van der Waals surface area contributed by atoms with E-state index < -0.39 is 0 Å². The van der Waals surface area contributed by atoms with Gasteiger partial charge < -0.3 is 0 Å². The molecular weight excluding hydrogens is 320 g/mol. The smallest absolute Gasteiger partial charge is 0.264 e. The Morgan fingerprint density at radius 1 is 1.12 bits per heavy atom. The molecule has 0 fully saturated rings. The van der Waals surface area contributed by atoms with Crippen LogP contribution in [-0.4, -0.2) is 15.5 Å². The van der Waals surface area contributed by atoms with E-state index in [9.17, 15) is 4.79 Å². The van der Waals surface area contributed by atoms with Gasteiger partial charge in [-0.3, -0.25) is 9.36 Å². The molecule has 0 saturated heterocycles. The zero-order chi connectivity index (χ0) is 16.5. The van der Waals surface area contributed by atoms with Gasteiger partial charge in [-0.15, -0.1) is 0 Å². The normalized spacial score (nSPS) is 13.0. The Morgan fingerprint density at radius 2 is 1.96 bits per heavy atom. The molecule has 0 spiro atoms. The third-order valence-corrected chi connectivity index (χ3v) is 4.05. The van der Waals surface area contributed by atoms with E-state index in [1.54, 1.807) is 41.0 Å². The molecule has 1 aliphatic carbocycles. The van der Waals surface area contributed by atoms with Gasteiger partial charge in [0.25, 0.3) is 5.91 Å². The maximum atomic E-state index is 13.1. The molecule has 1 aliphatic rings. The van der Waals surface area contributed by atoms with Crippen LogP contribution in [-0.2, 0) is 0 Å². The Hall–Kier alpha value is -3.00. The quantitative estimate of drug-likeness (QED) is 0.638. The van der Waals surface area contributed by atoms with E-state index in [1.165, 1.54) is 0 Å². The summed E-state index contributed by atoms with van der Waals surface area (Å²) in [6, 6.07) is 14.5. The Bertz CT molecular complexity index is 1030. The van der Waals surface area contributed by atoms with Crippen molar-refractivity contribution in [3.63, 3.8) is 0 Å². The molecule has 0 saturated carbocycles. The van der Waals surface area contributed by atoms with Crippen molar-refractivity contribution in [1.29, 1.82) is 0 Å². The van der Waals surface area contributed by atoms with Gasteiger partial charge in [0, 0.05) is 16.7 Å². The van der Waals surface area contributed by atoms with E-state index >= 15 is 0 Å². The molecule has 4 rings (SSSR count). The minimum absolute atomic E-state index is 0.122. The molecule has 2 aromatic carbocycles. The summed E-state index contributed by atoms with van der Waals surface area (Å²) < 4.78 is 1.64. The molecule has 24 heavy (non-hydrogen) atoms. The fourth-order valence-electron chi connectivity index (χ4n) is 2.70. The van der Waals surface area contributed by atoms with Crippen molar-refractivity contribution in [3.05, 3.63) is 95.3 Å². The second-order valence-corrected chi connectivity index (χ2v) is 5.80. The topological polar surface area (TPSA) is 34.9 Å². The zero-order valence-corrected chi connectivity index (χ0v) is 13.4. The van der Waals surface area contributed by atoms with Crippen molar-refractivity contribution in [3.8, 4) is 0 Å². The van der Waals surface area contributed by atoms with Crippen LogP contribution in [0.5, 0.6) is 0 Å². The van der Waals surface area contributed by atoms with Crippen LogP contribution >= 0.6 is 11.6 Å². The predicted molar refractivity (Wildman–Crippen MR) is 95.8 cm³/mol.